The number of nitrogens with zero attached hydrogens (tertiary/aromatic N) is 2. The molecular formula is C45H34N2. The van der Waals surface area contributed by atoms with Gasteiger partial charge in [-0.15, -0.1) is 0 Å². The maximum Gasteiger partial charge on any atom is 0.0713 e. The molecule has 224 valence electrons. The van der Waals surface area contributed by atoms with E-state index in [1.54, 1.807) is 0 Å². The lowest BCUT2D eigenvalue weighted by molar-refractivity contribution is 0.660. The van der Waals surface area contributed by atoms with Gasteiger partial charge in [0.05, 0.1) is 5.41 Å². The van der Waals surface area contributed by atoms with Crippen LogP contribution < -0.4 is 4.90 Å². The van der Waals surface area contributed by atoms with Crippen LogP contribution in [0.4, 0.5) is 17.1 Å². The van der Waals surface area contributed by atoms with Gasteiger partial charge in [0.2, 0.25) is 0 Å². The van der Waals surface area contributed by atoms with E-state index in [-0.39, 0.29) is 5.41 Å². The van der Waals surface area contributed by atoms with Crippen molar-refractivity contribution in [3.05, 3.63) is 203 Å². The van der Waals surface area contributed by atoms with Crippen molar-refractivity contribution in [2.75, 3.05) is 4.90 Å². The van der Waals surface area contributed by atoms with Gasteiger partial charge in [-0.25, -0.2) is 0 Å². The van der Waals surface area contributed by atoms with E-state index < -0.39 is 5.41 Å². The maximum absolute atomic E-state index is 4.30. The highest BCUT2D eigenvalue weighted by atomic mass is 15.1. The number of rotatable bonds is 5. The molecule has 2 aliphatic rings. The zero-order chi connectivity index (χ0) is 31.6. The fourth-order valence-corrected chi connectivity index (χ4v) is 8.48. The second-order valence-electron chi connectivity index (χ2n) is 13.2. The molecule has 0 N–H and O–H groups in total. The molecule has 0 spiro atoms. The molecule has 2 heteroatoms. The Bertz CT molecular complexity index is 2180. The van der Waals surface area contributed by atoms with E-state index in [4.69, 9.17) is 0 Å². The van der Waals surface area contributed by atoms with Crippen LogP contribution in [-0.4, -0.2) is 4.98 Å². The van der Waals surface area contributed by atoms with E-state index in [1.807, 2.05) is 12.4 Å². The minimum Gasteiger partial charge on any atom is -0.310 e. The minimum atomic E-state index is -0.412. The molecule has 2 aliphatic carbocycles. The van der Waals surface area contributed by atoms with Crippen LogP contribution in [0.15, 0.2) is 170 Å². The highest BCUT2D eigenvalue weighted by molar-refractivity contribution is 5.97. The summed E-state index contributed by atoms with van der Waals surface area (Å²) in [6.45, 7) is 4.82. The predicted octanol–water partition coefficient (Wildman–Crippen LogP) is 11.2. The van der Waals surface area contributed by atoms with Crippen molar-refractivity contribution in [3.63, 3.8) is 0 Å². The van der Waals surface area contributed by atoms with Gasteiger partial charge < -0.3 is 4.90 Å². The Labute approximate surface area is 276 Å². The van der Waals surface area contributed by atoms with Crippen LogP contribution >= 0.6 is 0 Å². The Kier molecular flexibility index (Phi) is 6.10. The smallest absolute Gasteiger partial charge is 0.0713 e. The van der Waals surface area contributed by atoms with Gasteiger partial charge in [-0.1, -0.05) is 135 Å². The summed E-state index contributed by atoms with van der Waals surface area (Å²) in [5, 5.41) is 0. The molecule has 7 aromatic rings. The Balaban J connectivity index is 1.29. The molecule has 0 atom stereocenters. The molecule has 0 bridgehead atoms. The zero-order valence-electron chi connectivity index (χ0n) is 26.6. The van der Waals surface area contributed by atoms with E-state index in [2.05, 4.69) is 181 Å². The number of hydrogen-bond donors (Lipinski definition) is 0. The number of para-hydroxylation sites is 1. The summed E-state index contributed by atoms with van der Waals surface area (Å²) >= 11 is 0. The molecule has 0 saturated heterocycles. The molecule has 0 amide bonds. The summed E-state index contributed by atoms with van der Waals surface area (Å²) in [4.78, 5) is 6.63. The molecule has 1 heterocycles. The lowest BCUT2D eigenvalue weighted by atomic mass is 9.67. The third kappa shape index (κ3) is 3.88. The first kappa shape index (κ1) is 27.6. The summed E-state index contributed by atoms with van der Waals surface area (Å²) in [7, 11) is 0. The molecule has 6 aromatic carbocycles. The molecular weight excluding hydrogens is 569 g/mol. The number of fused-ring (bicyclic) bond motifs is 7. The average Bonchev–Trinajstić information content (AvgIpc) is 3.56. The van der Waals surface area contributed by atoms with Crippen LogP contribution in [0.3, 0.4) is 0 Å². The van der Waals surface area contributed by atoms with Gasteiger partial charge in [-0.05, 0) is 92.0 Å². The Morgan fingerprint density at radius 3 is 1.70 bits per heavy atom. The van der Waals surface area contributed by atoms with Crippen molar-refractivity contribution in [2.24, 2.45) is 0 Å². The van der Waals surface area contributed by atoms with Crippen molar-refractivity contribution < 1.29 is 0 Å². The molecule has 9 rings (SSSR count). The molecule has 0 saturated carbocycles. The topological polar surface area (TPSA) is 16.1 Å². The van der Waals surface area contributed by atoms with Crippen LogP contribution in [-0.2, 0) is 10.8 Å². The highest BCUT2D eigenvalue weighted by Crippen LogP contribution is 2.62. The average molecular weight is 603 g/mol. The van der Waals surface area contributed by atoms with Gasteiger partial charge in [0.1, 0.15) is 0 Å². The molecule has 0 unspecified atom stereocenters. The monoisotopic (exact) mass is 602 g/mol. The predicted molar refractivity (Wildman–Crippen MR) is 194 cm³/mol. The summed E-state index contributed by atoms with van der Waals surface area (Å²) in [6.07, 6.45) is 3.73. The zero-order valence-corrected chi connectivity index (χ0v) is 26.6. The SMILES string of the molecule is CC1(C)c2cc(N(c3ccccc3)c3ccncc3)ccc2-c2ccc3c(c21)-c1ccccc1C3(c1ccccc1)c1ccccc1. The number of hydrogen-bond acceptors (Lipinski definition) is 2. The van der Waals surface area contributed by atoms with E-state index in [0.29, 0.717) is 0 Å². The summed E-state index contributed by atoms with van der Waals surface area (Å²) in [5.41, 5.74) is 16.1. The second kappa shape index (κ2) is 10.4. The van der Waals surface area contributed by atoms with Crippen LogP contribution in [0.5, 0.6) is 0 Å². The van der Waals surface area contributed by atoms with Gasteiger partial charge in [0, 0.05) is 34.9 Å². The molecule has 2 nitrogen and oxygen atoms in total. The summed E-state index contributed by atoms with van der Waals surface area (Å²) in [5.74, 6) is 0. The lowest BCUT2D eigenvalue weighted by Gasteiger charge is -2.34. The summed E-state index contributed by atoms with van der Waals surface area (Å²) < 4.78 is 0. The fourth-order valence-electron chi connectivity index (χ4n) is 8.48. The molecule has 47 heavy (non-hydrogen) atoms. The van der Waals surface area contributed by atoms with Crippen LogP contribution in [0.2, 0.25) is 0 Å². The van der Waals surface area contributed by atoms with E-state index in [1.165, 1.54) is 55.6 Å². The first-order chi connectivity index (χ1) is 23.1. The van der Waals surface area contributed by atoms with Gasteiger partial charge in [-0.3, -0.25) is 4.98 Å². The van der Waals surface area contributed by atoms with E-state index in [0.717, 1.165) is 17.1 Å². The molecule has 1 aromatic heterocycles. The van der Waals surface area contributed by atoms with Crippen molar-refractivity contribution in [2.45, 2.75) is 24.7 Å². The Morgan fingerprint density at radius 2 is 1.02 bits per heavy atom. The standard InChI is InChI=1S/C45H34N2/c1-44(2)41-30-35(47(33-18-10-5-11-19-33)34-26-28-46-29-27-34)22-23-36(41)37-24-25-40-42(43(37)44)38-20-12-13-21-39(38)45(40,31-14-6-3-7-15-31)32-16-8-4-9-17-32/h3-30H,1-2H3. The van der Waals surface area contributed by atoms with Crippen LogP contribution in [0, 0.1) is 0 Å². The summed E-state index contributed by atoms with van der Waals surface area (Å²) in [6, 6.07) is 57.9. The Morgan fingerprint density at radius 1 is 0.447 bits per heavy atom. The van der Waals surface area contributed by atoms with Gasteiger partial charge in [-0.2, -0.15) is 0 Å². The highest BCUT2D eigenvalue weighted by Gasteiger charge is 2.50. The second-order valence-corrected chi connectivity index (χ2v) is 13.2. The minimum absolute atomic E-state index is 0.233. The molecule has 0 fully saturated rings. The Hall–Kier alpha value is -5.73. The number of benzene rings is 6. The van der Waals surface area contributed by atoms with Gasteiger partial charge >= 0.3 is 0 Å². The number of anilines is 3. The first-order valence-corrected chi connectivity index (χ1v) is 16.4. The number of pyridine rings is 1. The van der Waals surface area contributed by atoms with Crippen molar-refractivity contribution >= 4 is 17.1 Å². The van der Waals surface area contributed by atoms with Crippen LogP contribution in [0.25, 0.3) is 22.3 Å². The third-order valence-corrected chi connectivity index (χ3v) is 10.4. The van der Waals surface area contributed by atoms with Crippen molar-refractivity contribution in [3.8, 4) is 22.3 Å². The fraction of sp³-hybridized carbons (Fsp3) is 0.0889. The van der Waals surface area contributed by atoms with Gasteiger partial charge in [0.15, 0.2) is 0 Å². The normalized spacial score (nSPS) is 14.5. The first-order valence-electron chi connectivity index (χ1n) is 16.4. The third-order valence-electron chi connectivity index (χ3n) is 10.4. The quantitative estimate of drug-likeness (QED) is 0.195. The largest absolute Gasteiger partial charge is 0.310 e. The molecule has 0 aliphatic heterocycles. The number of aromatic nitrogens is 1. The van der Waals surface area contributed by atoms with Crippen molar-refractivity contribution in [1.29, 1.82) is 0 Å². The molecule has 0 radical (unpaired) electrons. The van der Waals surface area contributed by atoms with E-state index in [9.17, 15) is 0 Å². The van der Waals surface area contributed by atoms with Gasteiger partial charge in [0.25, 0.3) is 0 Å². The van der Waals surface area contributed by atoms with Crippen molar-refractivity contribution in [1.82, 2.24) is 4.98 Å². The van der Waals surface area contributed by atoms with E-state index >= 15 is 0 Å². The maximum atomic E-state index is 4.30. The lowest BCUT2D eigenvalue weighted by Crippen LogP contribution is -2.28. The van der Waals surface area contributed by atoms with Crippen LogP contribution in [0.1, 0.15) is 47.2 Å².